The molecule has 33 heavy (non-hydrogen) atoms. The molecular weight excluding hydrogens is 418 g/mol. The Morgan fingerprint density at radius 3 is 2.58 bits per heavy atom. The highest BCUT2D eigenvalue weighted by atomic mass is 19.1. The van der Waals surface area contributed by atoms with E-state index in [1.165, 1.54) is 23.8 Å². The summed E-state index contributed by atoms with van der Waals surface area (Å²) in [4.78, 5) is 0. The molecule has 1 fully saturated rings. The summed E-state index contributed by atoms with van der Waals surface area (Å²) in [6, 6.07) is 16.9. The number of halogens is 2. The minimum atomic E-state index is -0.694. The van der Waals surface area contributed by atoms with Crippen molar-refractivity contribution in [3.8, 4) is 5.69 Å². The van der Waals surface area contributed by atoms with Gasteiger partial charge in [0.15, 0.2) is 0 Å². The van der Waals surface area contributed by atoms with Crippen molar-refractivity contribution in [1.29, 1.82) is 0 Å². The molecule has 0 spiro atoms. The van der Waals surface area contributed by atoms with Gasteiger partial charge >= 0.3 is 0 Å². The van der Waals surface area contributed by atoms with E-state index < -0.39 is 6.10 Å². The van der Waals surface area contributed by atoms with Crippen LogP contribution in [0.25, 0.3) is 22.5 Å². The van der Waals surface area contributed by atoms with E-state index in [0.717, 1.165) is 47.2 Å². The fourth-order valence-electron chi connectivity index (χ4n) is 5.93. The van der Waals surface area contributed by atoms with E-state index in [2.05, 4.69) is 18.1 Å². The summed E-state index contributed by atoms with van der Waals surface area (Å²) in [5.41, 5.74) is 4.84. The van der Waals surface area contributed by atoms with Gasteiger partial charge in [-0.2, -0.15) is 5.10 Å². The van der Waals surface area contributed by atoms with Crippen molar-refractivity contribution in [3.63, 3.8) is 0 Å². The van der Waals surface area contributed by atoms with Crippen LogP contribution in [0.4, 0.5) is 8.78 Å². The van der Waals surface area contributed by atoms with Crippen LogP contribution in [0.5, 0.6) is 0 Å². The molecule has 1 aromatic heterocycles. The lowest BCUT2D eigenvalue weighted by Gasteiger charge is -2.38. The van der Waals surface area contributed by atoms with Crippen molar-refractivity contribution in [3.05, 3.63) is 101 Å². The van der Waals surface area contributed by atoms with Gasteiger partial charge in [0.1, 0.15) is 11.6 Å². The Bertz CT molecular complexity index is 1410. The second-order valence-corrected chi connectivity index (χ2v) is 9.48. The van der Waals surface area contributed by atoms with Crippen LogP contribution in [0, 0.1) is 23.0 Å². The van der Waals surface area contributed by atoms with Gasteiger partial charge < -0.3 is 5.11 Å². The van der Waals surface area contributed by atoms with Crippen molar-refractivity contribution in [2.24, 2.45) is 11.3 Å². The van der Waals surface area contributed by atoms with Crippen LogP contribution in [-0.4, -0.2) is 14.9 Å². The van der Waals surface area contributed by atoms with Crippen molar-refractivity contribution >= 4 is 16.8 Å². The van der Waals surface area contributed by atoms with Crippen LogP contribution < -0.4 is 0 Å². The largest absolute Gasteiger partial charge is 0.388 e. The number of aromatic nitrogens is 2. The predicted octanol–water partition coefficient (Wildman–Crippen LogP) is 6.39. The van der Waals surface area contributed by atoms with Gasteiger partial charge in [-0.3, -0.25) is 0 Å². The van der Waals surface area contributed by atoms with E-state index in [9.17, 15) is 13.9 Å². The van der Waals surface area contributed by atoms with Gasteiger partial charge in [-0.05, 0) is 83.5 Å². The zero-order chi connectivity index (χ0) is 22.7. The van der Waals surface area contributed by atoms with E-state index in [0.29, 0.717) is 5.39 Å². The highest BCUT2D eigenvalue weighted by Crippen LogP contribution is 2.57. The van der Waals surface area contributed by atoms with Crippen LogP contribution in [0.1, 0.15) is 42.7 Å². The van der Waals surface area contributed by atoms with Gasteiger partial charge in [-0.1, -0.05) is 42.8 Å². The number of nitrogens with zero attached hydrogens (tertiary/aromatic N) is 2. The minimum Gasteiger partial charge on any atom is -0.388 e. The Kier molecular flexibility index (Phi) is 4.53. The molecule has 6 rings (SSSR count). The first-order valence-electron chi connectivity index (χ1n) is 11.3. The molecule has 1 saturated carbocycles. The molecule has 166 valence electrons. The summed E-state index contributed by atoms with van der Waals surface area (Å²) >= 11 is 0. The van der Waals surface area contributed by atoms with Gasteiger partial charge in [0, 0.05) is 5.39 Å². The molecule has 3 atom stereocenters. The summed E-state index contributed by atoms with van der Waals surface area (Å²) in [5.74, 6) is -0.526. The first-order valence-corrected chi connectivity index (χ1v) is 11.3. The predicted molar refractivity (Wildman–Crippen MR) is 125 cm³/mol. The molecule has 0 unspecified atom stereocenters. The second kappa shape index (κ2) is 7.35. The summed E-state index contributed by atoms with van der Waals surface area (Å²) in [6.45, 7) is 2.23. The zero-order valence-corrected chi connectivity index (χ0v) is 18.3. The summed E-state index contributed by atoms with van der Waals surface area (Å²) in [6.07, 6.45) is 5.92. The molecule has 1 N–H and O–H groups in total. The SMILES string of the molecule is C[C@]12Cc3cnn(-c4ccc(F)cc4)c3C=C1CC[C@@H]2[C@@H](O)c1ccc(F)c2ccccc12. The smallest absolute Gasteiger partial charge is 0.131 e. The third-order valence-electron chi connectivity index (χ3n) is 7.71. The molecular formula is C28H24F2N2O. The third kappa shape index (κ3) is 3.06. The zero-order valence-electron chi connectivity index (χ0n) is 18.3. The van der Waals surface area contributed by atoms with E-state index in [4.69, 9.17) is 0 Å². The van der Waals surface area contributed by atoms with Crippen LogP contribution >= 0.6 is 0 Å². The van der Waals surface area contributed by atoms with Crippen molar-refractivity contribution in [1.82, 2.24) is 9.78 Å². The molecule has 5 heteroatoms. The first-order chi connectivity index (χ1) is 16.0. The Morgan fingerprint density at radius 2 is 1.79 bits per heavy atom. The summed E-state index contributed by atoms with van der Waals surface area (Å²) in [5, 5.41) is 17.5. The minimum absolute atomic E-state index is 0.0138. The number of fused-ring (bicyclic) bond motifs is 3. The van der Waals surface area contributed by atoms with Crippen LogP contribution in [0.15, 0.2) is 72.4 Å². The van der Waals surface area contributed by atoms with Crippen molar-refractivity contribution in [2.75, 3.05) is 0 Å². The average molecular weight is 443 g/mol. The molecule has 4 aromatic rings. The molecule has 1 heterocycles. The molecule has 0 aliphatic heterocycles. The van der Waals surface area contributed by atoms with Crippen molar-refractivity contribution < 1.29 is 13.9 Å². The van der Waals surface area contributed by atoms with E-state index in [1.807, 2.05) is 29.1 Å². The number of benzene rings is 3. The third-order valence-corrected chi connectivity index (χ3v) is 7.71. The molecule has 0 amide bonds. The molecule has 0 saturated heterocycles. The summed E-state index contributed by atoms with van der Waals surface area (Å²) in [7, 11) is 0. The summed E-state index contributed by atoms with van der Waals surface area (Å²) < 4.78 is 29.6. The van der Waals surface area contributed by atoms with E-state index >= 15 is 0 Å². The van der Waals surface area contributed by atoms with Gasteiger partial charge in [-0.25, -0.2) is 13.5 Å². The number of aliphatic hydroxyl groups is 1. The molecule has 0 radical (unpaired) electrons. The number of allylic oxidation sites excluding steroid dienone is 1. The van der Waals surface area contributed by atoms with Gasteiger partial charge in [0.2, 0.25) is 0 Å². The average Bonchev–Trinajstić information content (AvgIpc) is 3.37. The molecule has 3 nitrogen and oxygen atoms in total. The maximum atomic E-state index is 14.4. The first kappa shape index (κ1) is 20.3. The number of rotatable bonds is 3. The fourth-order valence-corrected chi connectivity index (χ4v) is 5.93. The van der Waals surface area contributed by atoms with Crippen LogP contribution in [0.2, 0.25) is 0 Å². The Balaban J connectivity index is 1.38. The maximum absolute atomic E-state index is 14.4. The normalized spacial score (nSPS) is 22.7. The number of hydrogen-bond donors (Lipinski definition) is 1. The Labute approximate surface area is 191 Å². The van der Waals surface area contributed by atoms with Crippen LogP contribution in [-0.2, 0) is 6.42 Å². The lowest BCUT2D eigenvalue weighted by molar-refractivity contribution is 0.0566. The number of hydrogen-bond acceptors (Lipinski definition) is 2. The molecule has 0 bridgehead atoms. The maximum Gasteiger partial charge on any atom is 0.131 e. The molecule has 2 aliphatic carbocycles. The Morgan fingerprint density at radius 1 is 1.03 bits per heavy atom. The van der Waals surface area contributed by atoms with Crippen molar-refractivity contribution in [2.45, 2.75) is 32.3 Å². The highest BCUT2D eigenvalue weighted by Gasteiger charge is 2.48. The fraction of sp³-hybridized carbons (Fsp3) is 0.250. The second-order valence-electron chi connectivity index (χ2n) is 9.48. The van der Waals surface area contributed by atoms with E-state index in [1.54, 1.807) is 24.3 Å². The van der Waals surface area contributed by atoms with Gasteiger partial charge in [0.05, 0.1) is 23.7 Å². The monoisotopic (exact) mass is 442 g/mol. The molecule has 2 aliphatic rings. The standard InChI is InChI=1S/C28H24F2N2O/c1-28-15-17-16-31-32(20-9-7-19(29)8-10-20)26(17)14-18(28)6-12-24(28)27(33)23-11-13-25(30)22-5-3-2-4-21(22)23/h2-5,7-11,13-14,16,24,27,33H,6,12,15H2,1H3/t24-,27+,28+/m1/s1. The van der Waals surface area contributed by atoms with Gasteiger partial charge in [0.25, 0.3) is 0 Å². The van der Waals surface area contributed by atoms with E-state index in [-0.39, 0.29) is 23.0 Å². The lowest BCUT2D eigenvalue weighted by Crippen LogP contribution is -2.32. The Hall–Kier alpha value is -3.31. The van der Waals surface area contributed by atoms with Gasteiger partial charge in [-0.15, -0.1) is 0 Å². The quantitative estimate of drug-likeness (QED) is 0.399. The number of aliphatic hydroxyl groups excluding tert-OH is 1. The highest BCUT2D eigenvalue weighted by molar-refractivity contribution is 5.86. The van der Waals surface area contributed by atoms with Crippen LogP contribution in [0.3, 0.4) is 0 Å². The molecule has 3 aromatic carbocycles. The lowest BCUT2D eigenvalue weighted by atomic mass is 9.67. The topological polar surface area (TPSA) is 38.0 Å².